The summed E-state index contributed by atoms with van der Waals surface area (Å²) < 4.78 is 0. The fraction of sp³-hybridized carbons (Fsp3) is 1.00. The highest BCUT2D eigenvalue weighted by Crippen LogP contribution is 2.14. The zero-order valence-electron chi connectivity index (χ0n) is 6.68. The van der Waals surface area contributed by atoms with Gasteiger partial charge in [-0.05, 0) is 12.8 Å². The molecule has 0 aliphatic carbocycles. The molecule has 1 heterocycles. The molecule has 2 N–H and O–H groups in total. The fourth-order valence-corrected chi connectivity index (χ4v) is 2.17. The highest BCUT2D eigenvalue weighted by Gasteiger charge is 2.24. The monoisotopic (exact) mass is 160 g/mol. The molecule has 1 saturated heterocycles. The van der Waals surface area contributed by atoms with Crippen LogP contribution in [0, 0.1) is 0 Å². The molecule has 3 heteroatoms. The summed E-state index contributed by atoms with van der Waals surface area (Å²) in [7, 11) is 0. The van der Waals surface area contributed by atoms with Crippen LogP contribution in [-0.2, 0) is 0 Å². The van der Waals surface area contributed by atoms with Crippen LogP contribution in [0.1, 0.15) is 6.92 Å². The minimum Gasteiger partial charge on any atom is -0.314 e. The third kappa shape index (κ3) is 1.87. The van der Waals surface area contributed by atoms with Gasteiger partial charge in [-0.2, -0.15) is 11.8 Å². The molecule has 0 aromatic rings. The van der Waals surface area contributed by atoms with E-state index in [9.17, 15) is 0 Å². The lowest BCUT2D eigenvalue weighted by Gasteiger charge is -2.16. The van der Waals surface area contributed by atoms with E-state index in [0.717, 1.165) is 18.3 Å². The van der Waals surface area contributed by atoms with Crippen LogP contribution in [0.2, 0.25) is 0 Å². The van der Waals surface area contributed by atoms with E-state index in [-0.39, 0.29) is 0 Å². The molecule has 0 unspecified atom stereocenters. The Hall–Kier alpha value is 0.270. The van der Waals surface area contributed by atoms with Gasteiger partial charge in [-0.3, -0.25) is 0 Å². The van der Waals surface area contributed by atoms with E-state index in [1.807, 2.05) is 11.8 Å². The molecule has 0 spiro atoms. The Kier molecular flexibility index (Phi) is 3.52. The summed E-state index contributed by atoms with van der Waals surface area (Å²) in [5.41, 5.74) is 0. The van der Waals surface area contributed by atoms with Crippen LogP contribution >= 0.6 is 11.8 Å². The van der Waals surface area contributed by atoms with E-state index in [2.05, 4.69) is 23.8 Å². The number of nitrogens with one attached hydrogen (secondary N) is 2. The van der Waals surface area contributed by atoms with Gasteiger partial charge in [0.1, 0.15) is 0 Å². The Bertz CT molecular complexity index is 97.6. The van der Waals surface area contributed by atoms with E-state index in [1.54, 1.807) is 0 Å². The van der Waals surface area contributed by atoms with Crippen molar-refractivity contribution in [2.75, 3.05) is 25.9 Å². The van der Waals surface area contributed by atoms with Crippen molar-refractivity contribution >= 4 is 11.8 Å². The van der Waals surface area contributed by atoms with Crippen LogP contribution < -0.4 is 10.6 Å². The van der Waals surface area contributed by atoms with Crippen molar-refractivity contribution in [2.24, 2.45) is 0 Å². The van der Waals surface area contributed by atoms with Crippen LogP contribution in [0.15, 0.2) is 0 Å². The van der Waals surface area contributed by atoms with Crippen molar-refractivity contribution in [2.45, 2.75) is 18.2 Å². The van der Waals surface area contributed by atoms with Gasteiger partial charge in [0.05, 0.1) is 0 Å². The number of hydrogen-bond acceptors (Lipinski definition) is 3. The van der Waals surface area contributed by atoms with Crippen molar-refractivity contribution < 1.29 is 0 Å². The smallest absolute Gasteiger partial charge is 0.0335 e. The van der Waals surface area contributed by atoms with Gasteiger partial charge < -0.3 is 10.6 Å². The molecule has 2 nitrogen and oxygen atoms in total. The van der Waals surface area contributed by atoms with Crippen LogP contribution in [0.3, 0.4) is 0 Å². The van der Waals surface area contributed by atoms with E-state index < -0.39 is 0 Å². The molecule has 0 radical (unpaired) electrons. The van der Waals surface area contributed by atoms with Crippen molar-refractivity contribution in [3.63, 3.8) is 0 Å². The Morgan fingerprint density at radius 2 is 2.40 bits per heavy atom. The molecule has 10 heavy (non-hydrogen) atoms. The highest BCUT2D eigenvalue weighted by atomic mass is 32.2. The Morgan fingerprint density at radius 1 is 1.60 bits per heavy atom. The number of thioether (sulfide) groups is 1. The first-order chi connectivity index (χ1) is 4.88. The van der Waals surface area contributed by atoms with Crippen LogP contribution in [0.5, 0.6) is 0 Å². The SMILES string of the molecule is CCN[C@@H]1CNC[C@H]1SC. The maximum absolute atomic E-state index is 3.46. The predicted molar refractivity (Wildman–Crippen MR) is 47.6 cm³/mol. The lowest BCUT2D eigenvalue weighted by Crippen LogP contribution is -2.37. The zero-order valence-corrected chi connectivity index (χ0v) is 7.50. The molecule has 1 rings (SSSR count). The van der Waals surface area contributed by atoms with E-state index in [4.69, 9.17) is 0 Å². The summed E-state index contributed by atoms with van der Waals surface area (Å²) in [6, 6.07) is 0.694. The molecule has 0 amide bonds. The first-order valence-corrected chi connectivity index (χ1v) is 5.14. The summed E-state index contributed by atoms with van der Waals surface area (Å²) in [5.74, 6) is 0. The second kappa shape index (κ2) is 4.21. The molecule has 0 bridgehead atoms. The van der Waals surface area contributed by atoms with Crippen LogP contribution in [0.25, 0.3) is 0 Å². The highest BCUT2D eigenvalue weighted by molar-refractivity contribution is 7.99. The standard InChI is InChI=1S/C7H16N2S/c1-3-9-6-4-8-5-7(6)10-2/h6-9H,3-5H2,1-2H3/t6-,7-/m1/s1. The Balaban J connectivity index is 2.27. The topological polar surface area (TPSA) is 24.1 Å². The van der Waals surface area contributed by atoms with E-state index in [0.29, 0.717) is 6.04 Å². The lowest BCUT2D eigenvalue weighted by atomic mass is 10.2. The van der Waals surface area contributed by atoms with Crippen LogP contribution in [-0.4, -0.2) is 37.2 Å². The van der Waals surface area contributed by atoms with Crippen LogP contribution in [0.4, 0.5) is 0 Å². The molecule has 60 valence electrons. The lowest BCUT2D eigenvalue weighted by molar-refractivity contribution is 0.575. The molecule has 1 aliphatic heterocycles. The summed E-state index contributed by atoms with van der Waals surface area (Å²) in [6.45, 7) is 5.55. The average molecular weight is 160 g/mol. The van der Waals surface area contributed by atoms with E-state index >= 15 is 0 Å². The zero-order chi connectivity index (χ0) is 7.40. The number of rotatable bonds is 3. The van der Waals surface area contributed by atoms with Crippen molar-refractivity contribution in [1.29, 1.82) is 0 Å². The third-order valence-electron chi connectivity index (χ3n) is 1.93. The van der Waals surface area contributed by atoms with Crippen molar-refractivity contribution in [1.82, 2.24) is 10.6 Å². The molecule has 2 atom stereocenters. The molecule has 0 aromatic heterocycles. The second-order valence-corrected chi connectivity index (χ2v) is 3.67. The minimum absolute atomic E-state index is 0.694. The Labute approximate surface area is 67.1 Å². The molecular formula is C7H16N2S. The fourth-order valence-electron chi connectivity index (χ4n) is 1.37. The quantitative estimate of drug-likeness (QED) is 0.621. The van der Waals surface area contributed by atoms with Crippen molar-refractivity contribution in [3.8, 4) is 0 Å². The number of likely N-dealkylation sites (N-methyl/N-ethyl adjacent to an activating group) is 1. The molecule has 1 aliphatic rings. The molecule has 0 aromatic carbocycles. The molecular weight excluding hydrogens is 144 g/mol. The van der Waals surface area contributed by atoms with E-state index in [1.165, 1.54) is 6.54 Å². The number of hydrogen-bond donors (Lipinski definition) is 2. The second-order valence-electron chi connectivity index (χ2n) is 2.60. The largest absolute Gasteiger partial charge is 0.314 e. The van der Waals surface area contributed by atoms with Gasteiger partial charge in [-0.15, -0.1) is 0 Å². The summed E-state index contributed by atoms with van der Waals surface area (Å²) >= 11 is 1.96. The molecule has 1 fully saturated rings. The summed E-state index contributed by atoms with van der Waals surface area (Å²) in [4.78, 5) is 0. The van der Waals surface area contributed by atoms with Gasteiger partial charge in [-0.1, -0.05) is 6.92 Å². The van der Waals surface area contributed by atoms with Gasteiger partial charge in [0.2, 0.25) is 0 Å². The average Bonchev–Trinajstić information content (AvgIpc) is 2.36. The first-order valence-electron chi connectivity index (χ1n) is 3.85. The molecule has 0 saturated carbocycles. The van der Waals surface area contributed by atoms with Crippen molar-refractivity contribution in [3.05, 3.63) is 0 Å². The van der Waals surface area contributed by atoms with Gasteiger partial charge in [0, 0.05) is 24.4 Å². The Morgan fingerprint density at radius 3 is 3.00 bits per heavy atom. The first kappa shape index (κ1) is 8.37. The summed E-state index contributed by atoms with van der Waals surface area (Å²) in [6.07, 6.45) is 2.18. The van der Waals surface area contributed by atoms with Gasteiger partial charge in [0.15, 0.2) is 0 Å². The third-order valence-corrected chi connectivity index (χ3v) is 3.03. The van der Waals surface area contributed by atoms with Gasteiger partial charge in [0.25, 0.3) is 0 Å². The van der Waals surface area contributed by atoms with Gasteiger partial charge >= 0.3 is 0 Å². The normalized spacial score (nSPS) is 33.0. The minimum atomic E-state index is 0.694. The van der Waals surface area contributed by atoms with Gasteiger partial charge in [-0.25, -0.2) is 0 Å². The maximum Gasteiger partial charge on any atom is 0.0335 e. The summed E-state index contributed by atoms with van der Waals surface area (Å²) in [5, 5.41) is 7.61. The maximum atomic E-state index is 3.46. The predicted octanol–water partition coefficient (Wildman–Crippen LogP) is 0.299.